The van der Waals surface area contributed by atoms with Crippen LogP contribution in [0.2, 0.25) is 0 Å². The summed E-state index contributed by atoms with van der Waals surface area (Å²) in [4.78, 5) is 22.5. The van der Waals surface area contributed by atoms with E-state index in [2.05, 4.69) is 31.4 Å². The van der Waals surface area contributed by atoms with E-state index in [9.17, 15) is 9.59 Å². The molecular weight excluding hydrogens is 252 g/mol. The van der Waals surface area contributed by atoms with Crippen molar-refractivity contribution in [2.75, 3.05) is 18.6 Å². The molecule has 1 atom stereocenters. The molecule has 0 aliphatic rings. The summed E-state index contributed by atoms with van der Waals surface area (Å²) in [6.45, 7) is 6.69. The number of hydrogen-bond acceptors (Lipinski definition) is 3. The van der Waals surface area contributed by atoms with Crippen LogP contribution in [-0.4, -0.2) is 41.7 Å². The molecule has 0 radical (unpaired) electrons. The van der Waals surface area contributed by atoms with Crippen molar-refractivity contribution in [3.8, 4) is 0 Å². The van der Waals surface area contributed by atoms with E-state index in [4.69, 9.17) is 5.11 Å². The second-order valence-corrected chi connectivity index (χ2v) is 6.00. The van der Waals surface area contributed by atoms with Crippen LogP contribution in [0.25, 0.3) is 0 Å². The van der Waals surface area contributed by atoms with Crippen molar-refractivity contribution >= 4 is 23.8 Å². The Balaban J connectivity index is 4.14. The van der Waals surface area contributed by atoms with Crippen molar-refractivity contribution in [3.63, 3.8) is 0 Å². The SMILES string of the molecule is CCC(C)(C)CNC(=O)NC(CCSC)C(=O)O. The number of rotatable bonds is 8. The number of hydrogen-bond donors (Lipinski definition) is 3. The lowest BCUT2D eigenvalue weighted by atomic mass is 9.90. The number of aliphatic carboxylic acids is 1. The highest BCUT2D eigenvalue weighted by molar-refractivity contribution is 7.98. The number of carboxylic acid groups (broad SMARTS) is 1. The smallest absolute Gasteiger partial charge is 0.326 e. The number of amides is 2. The van der Waals surface area contributed by atoms with Gasteiger partial charge in [-0.3, -0.25) is 0 Å². The third kappa shape index (κ3) is 7.42. The Morgan fingerprint density at radius 1 is 1.39 bits per heavy atom. The third-order valence-corrected chi connectivity index (χ3v) is 3.54. The van der Waals surface area contributed by atoms with E-state index in [1.54, 1.807) is 11.8 Å². The van der Waals surface area contributed by atoms with E-state index in [1.807, 2.05) is 6.26 Å². The monoisotopic (exact) mass is 276 g/mol. The number of carbonyl (C=O) groups is 2. The van der Waals surface area contributed by atoms with Crippen molar-refractivity contribution in [2.24, 2.45) is 5.41 Å². The molecule has 106 valence electrons. The van der Waals surface area contributed by atoms with Gasteiger partial charge < -0.3 is 15.7 Å². The van der Waals surface area contributed by atoms with Gasteiger partial charge in [0.1, 0.15) is 6.04 Å². The highest BCUT2D eigenvalue weighted by atomic mass is 32.2. The van der Waals surface area contributed by atoms with E-state index < -0.39 is 18.0 Å². The van der Waals surface area contributed by atoms with Crippen LogP contribution in [0.1, 0.15) is 33.6 Å². The van der Waals surface area contributed by atoms with E-state index in [0.717, 1.165) is 6.42 Å². The molecule has 3 N–H and O–H groups in total. The van der Waals surface area contributed by atoms with Crippen LogP contribution in [-0.2, 0) is 4.79 Å². The fourth-order valence-corrected chi connectivity index (χ4v) is 1.62. The molecule has 6 heteroatoms. The van der Waals surface area contributed by atoms with Gasteiger partial charge in [0.2, 0.25) is 0 Å². The number of urea groups is 1. The zero-order chi connectivity index (χ0) is 14.2. The van der Waals surface area contributed by atoms with Crippen LogP contribution in [0.4, 0.5) is 4.79 Å². The van der Waals surface area contributed by atoms with Gasteiger partial charge >= 0.3 is 12.0 Å². The lowest BCUT2D eigenvalue weighted by Gasteiger charge is -2.23. The van der Waals surface area contributed by atoms with Crippen LogP contribution in [0.15, 0.2) is 0 Å². The molecule has 0 saturated carbocycles. The van der Waals surface area contributed by atoms with Crippen molar-refractivity contribution in [1.29, 1.82) is 0 Å². The molecular formula is C12H24N2O3S. The summed E-state index contributed by atoms with van der Waals surface area (Å²) < 4.78 is 0. The minimum absolute atomic E-state index is 0.0231. The summed E-state index contributed by atoms with van der Waals surface area (Å²) in [5.41, 5.74) is 0.0231. The summed E-state index contributed by atoms with van der Waals surface area (Å²) in [5, 5.41) is 14.2. The number of carboxylic acids is 1. The molecule has 0 heterocycles. The van der Waals surface area contributed by atoms with Gasteiger partial charge in [-0.15, -0.1) is 0 Å². The number of thioether (sulfide) groups is 1. The topological polar surface area (TPSA) is 78.4 Å². The Bertz CT molecular complexity index is 282. The van der Waals surface area contributed by atoms with E-state index in [0.29, 0.717) is 18.7 Å². The number of carbonyl (C=O) groups excluding carboxylic acids is 1. The summed E-state index contributed by atoms with van der Waals surface area (Å²) in [7, 11) is 0. The standard InChI is InChI=1S/C12H24N2O3S/c1-5-12(2,3)8-13-11(17)14-9(10(15)16)6-7-18-4/h9H,5-8H2,1-4H3,(H,15,16)(H2,13,14,17). The molecule has 1 unspecified atom stereocenters. The molecule has 0 spiro atoms. The molecule has 18 heavy (non-hydrogen) atoms. The predicted octanol–water partition coefficient (Wildman–Crippen LogP) is 1.93. The highest BCUT2D eigenvalue weighted by Gasteiger charge is 2.21. The second kappa shape index (κ2) is 8.24. The largest absolute Gasteiger partial charge is 0.480 e. The van der Waals surface area contributed by atoms with Crippen molar-refractivity contribution in [3.05, 3.63) is 0 Å². The minimum atomic E-state index is -0.992. The highest BCUT2D eigenvalue weighted by Crippen LogP contribution is 2.17. The summed E-state index contributed by atoms with van der Waals surface area (Å²) in [5.74, 6) is -0.286. The summed E-state index contributed by atoms with van der Waals surface area (Å²) >= 11 is 1.56. The molecule has 0 rings (SSSR count). The maximum Gasteiger partial charge on any atom is 0.326 e. The Labute approximate surface area is 113 Å². The molecule has 0 fully saturated rings. The van der Waals surface area contributed by atoms with Gasteiger partial charge in [-0.25, -0.2) is 9.59 Å². The Morgan fingerprint density at radius 2 is 2.00 bits per heavy atom. The van der Waals surface area contributed by atoms with Gasteiger partial charge in [0.05, 0.1) is 0 Å². The Morgan fingerprint density at radius 3 is 2.44 bits per heavy atom. The van der Waals surface area contributed by atoms with Gasteiger partial charge in [-0.05, 0) is 30.3 Å². The first kappa shape index (κ1) is 17.1. The maximum absolute atomic E-state index is 11.6. The van der Waals surface area contributed by atoms with Crippen molar-refractivity contribution in [2.45, 2.75) is 39.7 Å². The first-order valence-corrected chi connectivity index (χ1v) is 7.48. The van der Waals surface area contributed by atoms with Crippen LogP contribution >= 0.6 is 11.8 Å². The van der Waals surface area contributed by atoms with Crippen LogP contribution in [0.3, 0.4) is 0 Å². The van der Waals surface area contributed by atoms with E-state index >= 15 is 0 Å². The van der Waals surface area contributed by atoms with Gasteiger partial charge in [-0.1, -0.05) is 20.8 Å². The molecule has 0 aliphatic carbocycles. The third-order valence-electron chi connectivity index (χ3n) is 2.90. The zero-order valence-corrected chi connectivity index (χ0v) is 12.4. The van der Waals surface area contributed by atoms with E-state index in [1.165, 1.54) is 0 Å². The van der Waals surface area contributed by atoms with E-state index in [-0.39, 0.29) is 5.41 Å². The maximum atomic E-state index is 11.6. The Kier molecular flexibility index (Phi) is 7.82. The van der Waals surface area contributed by atoms with Gasteiger partial charge in [-0.2, -0.15) is 11.8 Å². The summed E-state index contributed by atoms with van der Waals surface area (Å²) in [6.07, 6.45) is 3.28. The first-order chi connectivity index (χ1) is 8.32. The fourth-order valence-electron chi connectivity index (χ4n) is 1.15. The van der Waals surface area contributed by atoms with Crippen LogP contribution in [0.5, 0.6) is 0 Å². The average molecular weight is 276 g/mol. The molecule has 0 aromatic rings. The zero-order valence-electron chi connectivity index (χ0n) is 11.6. The van der Waals surface area contributed by atoms with Gasteiger partial charge in [0, 0.05) is 6.54 Å². The molecule has 0 aliphatic heterocycles. The molecule has 0 saturated heterocycles. The first-order valence-electron chi connectivity index (χ1n) is 6.08. The lowest BCUT2D eigenvalue weighted by molar-refractivity contribution is -0.139. The number of nitrogens with one attached hydrogen (secondary N) is 2. The van der Waals surface area contributed by atoms with Gasteiger partial charge in [0.25, 0.3) is 0 Å². The molecule has 0 aromatic carbocycles. The lowest BCUT2D eigenvalue weighted by Crippen LogP contribution is -2.48. The average Bonchev–Trinajstić information content (AvgIpc) is 2.31. The van der Waals surface area contributed by atoms with Gasteiger partial charge in [0.15, 0.2) is 0 Å². The molecule has 2 amide bonds. The van der Waals surface area contributed by atoms with Crippen LogP contribution in [0, 0.1) is 5.41 Å². The predicted molar refractivity (Wildman–Crippen MR) is 75.0 cm³/mol. The summed E-state index contributed by atoms with van der Waals surface area (Å²) in [6, 6.07) is -1.23. The van der Waals surface area contributed by atoms with Crippen molar-refractivity contribution < 1.29 is 14.7 Å². The Hall–Kier alpha value is -0.910. The minimum Gasteiger partial charge on any atom is -0.480 e. The second-order valence-electron chi connectivity index (χ2n) is 5.02. The van der Waals surface area contributed by atoms with Crippen LogP contribution < -0.4 is 10.6 Å². The molecule has 0 bridgehead atoms. The normalized spacial score (nSPS) is 12.9. The van der Waals surface area contributed by atoms with Crippen molar-refractivity contribution in [1.82, 2.24) is 10.6 Å². The fraction of sp³-hybridized carbons (Fsp3) is 0.833. The molecule has 0 aromatic heterocycles. The molecule has 5 nitrogen and oxygen atoms in total. The quantitative estimate of drug-likeness (QED) is 0.633.